The first-order valence-electron chi connectivity index (χ1n) is 12.9. The number of aliphatic hydroxyl groups is 1. The SMILES string of the molecule is COc1ccc(C)c(C23CCN(CC4CCCCC4)C(C)C2(O)CCC(C(=O)NC(N)=O)C3)c1. The van der Waals surface area contributed by atoms with Gasteiger partial charge in [-0.25, -0.2) is 4.79 Å². The van der Waals surface area contributed by atoms with Gasteiger partial charge in [-0.1, -0.05) is 25.3 Å². The first kappa shape index (κ1) is 25.0. The van der Waals surface area contributed by atoms with E-state index in [2.05, 4.69) is 24.1 Å². The highest BCUT2D eigenvalue weighted by molar-refractivity contribution is 5.94. The van der Waals surface area contributed by atoms with Crippen LogP contribution in [0.15, 0.2) is 18.2 Å². The third-order valence-electron chi connectivity index (χ3n) is 9.16. The summed E-state index contributed by atoms with van der Waals surface area (Å²) >= 11 is 0. The molecule has 4 atom stereocenters. The number of nitrogens with one attached hydrogen (secondary N) is 1. The number of nitrogens with two attached hydrogens (primary N) is 1. The molecule has 0 spiro atoms. The minimum absolute atomic E-state index is 0.0334. The van der Waals surface area contributed by atoms with Crippen LogP contribution in [0.5, 0.6) is 5.75 Å². The van der Waals surface area contributed by atoms with Gasteiger partial charge in [0.2, 0.25) is 5.91 Å². The summed E-state index contributed by atoms with van der Waals surface area (Å²) in [5, 5.41) is 14.8. The number of aryl methyl sites for hydroxylation is 1. The van der Waals surface area contributed by atoms with Crippen LogP contribution in [0.3, 0.4) is 0 Å². The van der Waals surface area contributed by atoms with Crippen LogP contribution in [0.2, 0.25) is 0 Å². The Morgan fingerprint density at radius 1 is 1.21 bits per heavy atom. The second-order valence-electron chi connectivity index (χ2n) is 10.9. The van der Waals surface area contributed by atoms with Crippen LogP contribution < -0.4 is 15.8 Å². The lowest BCUT2D eigenvalue weighted by Gasteiger charge is -2.61. The number of hydrogen-bond acceptors (Lipinski definition) is 5. The summed E-state index contributed by atoms with van der Waals surface area (Å²) in [6.45, 7) is 6.13. The standard InChI is InChI=1S/C27H41N3O4/c1-18-9-10-22(34-3)15-23(18)26-13-14-30(17-20-7-5-4-6-8-20)19(2)27(26,33)12-11-21(16-26)24(31)29-25(28)32/h9-10,15,19-21,33H,4-8,11-14,16-17H2,1-3H3,(H3,28,29,31,32). The van der Waals surface area contributed by atoms with Crippen LogP contribution in [0, 0.1) is 18.8 Å². The number of urea groups is 1. The summed E-state index contributed by atoms with van der Waals surface area (Å²) in [5.74, 6) is 0.726. The minimum Gasteiger partial charge on any atom is -0.497 e. The summed E-state index contributed by atoms with van der Waals surface area (Å²) in [7, 11) is 1.65. The fraction of sp³-hybridized carbons (Fsp3) is 0.704. The zero-order valence-corrected chi connectivity index (χ0v) is 20.9. The number of carbonyl (C=O) groups is 2. The first-order chi connectivity index (χ1) is 16.2. The van der Waals surface area contributed by atoms with E-state index in [-0.39, 0.29) is 17.9 Å². The number of benzene rings is 1. The molecule has 1 aromatic carbocycles. The fourth-order valence-corrected chi connectivity index (χ4v) is 7.21. The molecule has 2 saturated carbocycles. The summed E-state index contributed by atoms with van der Waals surface area (Å²) in [6.07, 6.45) is 8.77. The van der Waals surface area contributed by atoms with Gasteiger partial charge >= 0.3 is 6.03 Å². The van der Waals surface area contributed by atoms with Gasteiger partial charge in [0.15, 0.2) is 0 Å². The number of amides is 3. The van der Waals surface area contributed by atoms with E-state index in [1.165, 1.54) is 32.1 Å². The van der Waals surface area contributed by atoms with Crippen molar-refractivity contribution in [2.45, 2.75) is 88.7 Å². The number of piperidine rings is 1. The normalized spacial score (nSPS) is 32.6. The average molecular weight is 472 g/mol. The Morgan fingerprint density at radius 2 is 1.94 bits per heavy atom. The molecule has 0 bridgehead atoms. The third-order valence-corrected chi connectivity index (χ3v) is 9.16. The molecule has 188 valence electrons. The number of primary amides is 1. The van der Waals surface area contributed by atoms with Crippen molar-refractivity contribution >= 4 is 11.9 Å². The molecule has 1 aliphatic heterocycles. The highest BCUT2D eigenvalue weighted by Gasteiger charge is 2.62. The van der Waals surface area contributed by atoms with Gasteiger partial charge in [0, 0.05) is 23.9 Å². The molecule has 0 radical (unpaired) electrons. The Morgan fingerprint density at radius 3 is 2.62 bits per heavy atom. The zero-order chi connectivity index (χ0) is 24.5. The van der Waals surface area contributed by atoms with Gasteiger partial charge in [-0.2, -0.15) is 0 Å². The van der Waals surface area contributed by atoms with Crippen molar-refractivity contribution in [2.24, 2.45) is 17.6 Å². The number of ether oxygens (including phenoxy) is 1. The number of hydrogen-bond donors (Lipinski definition) is 3. The van der Waals surface area contributed by atoms with Crippen molar-refractivity contribution in [2.75, 3.05) is 20.2 Å². The molecule has 1 aromatic rings. The van der Waals surface area contributed by atoms with E-state index in [0.29, 0.717) is 25.2 Å². The molecule has 3 fully saturated rings. The molecule has 7 heteroatoms. The number of carbonyl (C=O) groups excluding carboxylic acids is 2. The quantitative estimate of drug-likeness (QED) is 0.608. The van der Waals surface area contributed by atoms with Gasteiger partial charge in [-0.3, -0.25) is 15.0 Å². The topological polar surface area (TPSA) is 105 Å². The molecule has 3 amide bonds. The lowest BCUT2D eigenvalue weighted by Crippen LogP contribution is -2.70. The predicted octanol–water partition coefficient (Wildman–Crippen LogP) is 3.64. The van der Waals surface area contributed by atoms with Crippen molar-refractivity contribution in [3.63, 3.8) is 0 Å². The highest BCUT2D eigenvalue weighted by Crippen LogP contribution is 2.56. The second-order valence-corrected chi connectivity index (χ2v) is 10.9. The Kier molecular flexibility index (Phi) is 7.25. The Labute approximate surface area is 203 Å². The third kappa shape index (κ3) is 4.44. The summed E-state index contributed by atoms with van der Waals surface area (Å²) in [4.78, 5) is 26.7. The molecule has 2 aliphatic carbocycles. The van der Waals surface area contributed by atoms with Gasteiger partial charge in [-0.05, 0) is 88.1 Å². The van der Waals surface area contributed by atoms with Crippen LogP contribution in [0.1, 0.15) is 75.8 Å². The Balaban J connectivity index is 1.71. The van der Waals surface area contributed by atoms with E-state index in [9.17, 15) is 14.7 Å². The van der Waals surface area contributed by atoms with E-state index in [1.54, 1.807) is 7.11 Å². The molecule has 0 aromatic heterocycles. The maximum Gasteiger partial charge on any atom is 0.318 e. The van der Waals surface area contributed by atoms with Gasteiger partial charge < -0.3 is 15.6 Å². The number of nitrogens with zero attached hydrogens (tertiary/aromatic N) is 1. The maximum atomic E-state index is 12.8. The number of imide groups is 1. The summed E-state index contributed by atoms with van der Waals surface area (Å²) in [5.41, 5.74) is 5.80. The number of likely N-dealkylation sites (tertiary alicyclic amines) is 1. The minimum atomic E-state index is -0.986. The van der Waals surface area contributed by atoms with Gasteiger partial charge in [0.25, 0.3) is 0 Å². The van der Waals surface area contributed by atoms with Crippen LogP contribution >= 0.6 is 0 Å². The van der Waals surface area contributed by atoms with E-state index in [0.717, 1.165) is 36.4 Å². The van der Waals surface area contributed by atoms with E-state index in [4.69, 9.17) is 10.5 Å². The molecule has 1 saturated heterocycles. The zero-order valence-electron chi connectivity index (χ0n) is 20.9. The van der Waals surface area contributed by atoms with Crippen molar-refractivity contribution in [3.05, 3.63) is 29.3 Å². The molecular weight excluding hydrogens is 430 g/mol. The van der Waals surface area contributed by atoms with Crippen molar-refractivity contribution in [3.8, 4) is 5.75 Å². The smallest absolute Gasteiger partial charge is 0.318 e. The monoisotopic (exact) mass is 471 g/mol. The molecule has 3 aliphatic rings. The van der Waals surface area contributed by atoms with Crippen LogP contribution in [0.4, 0.5) is 4.79 Å². The van der Waals surface area contributed by atoms with Crippen molar-refractivity contribution in [1.82, 2.24) is 10.2 Å². The van der Waals surface area contributed by atoms with Crippen LogP contribution in [-0.4, -0.2) is 53.8 Å². The summed E-state index contributed by atoms with van der Waals surface area (Å²) < 4.78 is 5.55. The van der Waals surface area contributed by atoms with E-state index < -0.39 is 17.0 Å². The molecular formula is C27H41N3O4. The molecule has 34 heavy (non-hydrogen) atoms. The average Bonchev–Trinajstić information content (AvgIpc) is 2.82. The molecule has 4 unspecified atom stereocenters. The number of rotatable bonds is 5. The predicted molar refractivity (Wildman–Crippen MR) is 132 cm³/mol. The summed E-state index contributed by atoms with van der Waals surface area (Å²) in [6, 6.07) is 5.16. The maximum absolute atomic E-state index is 12.8. The van der Waals surface area contributed by atoms with Gasteiger partial charge in [0.1, 0.15) is 5.75 Å². The Bertz CT molecular complexity index is 915. The second kappa shape index (κ2) is 9.86. The van der Waals surface area contributed by atoms with Crippen molar-refractivity contribution < 1.29 is 19.4 Å². The van der Waals surface area contributed by atoms with Crippen LogP contribution in [0.25, 0.3) is 0 Å². The van der Waals surface area contributed by atoms with Gasteiger partial charge in [-0.15, -0.1) is 0 Å². The van der Waals surface area contributed by atoms with Gasteiger partial charge in [0.05, 0.1) is 12.7 Å². The lowest BCUT2D eigenvalue weighted by atomic mass is 9.51. The Hall–Kier alpha value is -2.12. The number of methoxy groups -OCH3 is 1. The molecule has 7 nitrogen and oxygen atoms in total. The van der Waals surface area contributed by atoms with E-state index in [1.807, 2.05) is 18.2 Å². The van der Waals surface area contributed by atoms with Crippen LogP contribution in [-0.2, 0) is 10.2 Å². The molecule has 1 heterocycles. The molecule has 4 N–H and O–H groups in total. The molecule has 4 rings (SSSR count). The largest absolute Gasteiger partial charge is 0.497 e. The highest BCUT2D eigenvalue weighted by atomic mass is 16.5. The van der Waals surface area contributed by atoms with E-state index >= 15 is 0 Å². The fourth-order valence-electron chi connectivity index (χ4n) is 7.21. The van der Waals surface area contributed by atoms with Crippen molar-refractivity contribution in [1.29, 1.82) is 0 Å². The first-order valence-corrected chi connectivity index (χ1v) is 12.9. The lowest BCUT2D eigenvalue weighted by molar-refractivity contribution is -0.168. The number of fused-ring (bicyclic) bond motifs is 1.